The van der Waals surface area contributed by atoms with Crippen LogP contribution in [-0.4, -0.2) is 10.7 Å². The molecular formula is C15H24O. The van der Waals surface area contributed by atoms with E-state index < -0.39 is 5.60 Å². The van der Waals surface area contributed by atoms with Crippen LogP contribution in [0.2, 0.25) is 0 Å². The summed E-state index contributed by atoms with van der Waals surface area (Å²) >= 11 is 0. The second kappa shape index (κ2) is 7.30. The van der Waals surface area contributed by atoms with Gasteiger partial charge in [-0.25, -0.2) is 0 Å². The fourth-order valence-electron chi connectivity index (χ4n) is 1.36. The SMILES string of the molecule is C#CC(C)(O)CC/C=C(\C)CCC=C(C)C. The average Bonchev–Trinajstić information content (AvgIpc) is 2.17. The molecular weight excluding hydrogens is 196 g/mol. The molecule has 0 heterocycles. The average molecular weight is 220 g/mol. The van der Waals surface area contributed by atoms with Gasteiger partial charge in [0.05, 0.1) is 0 Å². The van der Waals surface area contributed by atoms with E-state index in [0.717, 1.165) is 19.3 Å². The third-order valence-electron chi connectivity index (χ3n) is 2.53. The molecule has 1 N–H and O–H groups in total. The van der Waals surface area contributed by atoms with Crippen molar-refractivity contribution in [3.63, 3.8) is 0 Å². The van der Waals surface area contributed by atoms with Crippen LogP contribution >= 0.6 is 0 Å². The highest BCUT2D eigenvalue weighted by atomic mass is 16.3. The number of hydrogen-bond acceptors (Lipinski definition) is 1. The molecule has 1 unspecified atom stereocenters. The van der Waals surface area contributed by atoms with Crippen LogP contribution in [0.4, 0.5) is 0 Å². The van der Waals surface area contributed by atoms with Crippen molar-refractivity contribution < 1.29 is 5.11 Å². The molecule has 0 amide bonds. The van der Waals surface area contributed by atoms with Gasteiger partial charge in [0.25, 0.3) is 0 Å². The van der Waals surface area contributed by atoms with Crippen molar-refractivity contribution in [2.75, 3.05) is 0 Å². The minimum absolute atomic E-state index is 0.628. The Hall–Kier alpha value is -1.00. The zero-order chi connectivity index (χ0) is 12.6. The molecule has 1 heteroatoms. The van der Waals surface area contributed by atoms with Crippen LogP contribution in [0.25, 0.3) is 0 Å². The third-order valence-corrected chi connectivity index (χ3v) is 2.53. The minimum Gasteiger partial charge on any atom is -0.378 e. The lowest BCUT2D eigenvalue weighted by atomic mass is 10.00. The molecule has 0 aliphatic heterocycles. The number of hydrogen-bond donors (Lipinski definition) is 1. The zero-order valence-electron chi connectivity index (χ0n) is 11.0. The van der Waals surface area contributed by atoms with Crippen LogP contribution in [0.15, 0.2) is 23.3 Å². The second-order valence-corrected chi connectivity index (χ2v) is 4.83. The Bertz CT molecular complexity index is 296. The van der Waals surface area contributed by atoms with Crippen molar-refractivity contribution >= 4 is 0 Å². The molecule has 16 heavy (non-hydrogen) atoms. The lowest BCUT2D eigenvalue weighted by Crippen LogP contribution is -2.20. The molecule has 1 nitrogen and oxygen atoms in total. The molecule has 0 radical (unpaired) electrons. The predicted octanol–water partition coefficient (Wildman–Crippen LogP) is 3.84. The fraction of sp³-hybridized carbons (Fsp3) is 0.600. The normalized spacial score (nSPS) is 15.1. The summed E-state index contributed by atoms with van der Waals surface area (Å²) in [6, 6.07) is 0. The summed E-state index contributed by atoms with van der Waals surface area (Å²) in [4.78, 5) is 0. The Kier molecular flexibility index (Phi) is 6.85. The monoisotopic (exact) mass is 220 g/mol. The molecule has 90 valence electrons. The van der Waals surface area contributed by atoms with E-state index in [9.17, 15) is 5.11 Å². The van der Waals surface area contributed by atoms with Gasteiger partial charge in [0.15, 0.2) is 0 Å². The first-order valence-electron chi connectivity index (χ1n) is 5.86. The largest absolute Gasteiger partial charge is 0.378 e. The molecule has 0 bridgehead atoms. The maximum absolute atomic E-state index is 9.61. The fourth-order valence-corrected chi connectivity index (χ4v) is 1.36. The van der Waals surface area contributed by atoms with Gasteiger partial charge in [-0.1, -0.05) is 29.2 Å². The lowest BCUT2D eigenvalue weighted by Gasteiger charge is -2.14. The van der Waals surface area contributed by atoms with E-state index >= 15 is 0 Å². The molecule has 1 atom stereocenters. The van der Waals surface area contributed by atoms with Crippen molar-refractivity contribution in [2.24, 2.45) is 0 Å². The Morgan fingerprint density at radius 2 is 1.88 bits per heavy atom. The van der Waals surface area contributed by atoms with Crippen molar-refractivity contribution in [1.82, 2.24) is 0 Å². The highest BCUT2D eigenvalue weighted by molar-refractivity contribution is 5.07. The topological polar surface area (TPSA) is 20.2 Å². The first kappa shape index (κ1) is 15.0. The molecule has 0 rings (SSSR count). The lowest BCUT2D eigenvalue weighted by molar-refractivity contribution is 0.113. The van der Waals surface area contributed by atoms with Gasteiger partial charge in [-0.2, -0.15) is 0 Å². The summed E-state index contributed by atoms with van der Waals surface area (Å²) in [5, 5.41) is 9.61. The molecule has 0 saturated carbocycles. The molecule has 0 aliphatic carbocycles. The van der Waals surface area contributed by atoms with Crippen LogP contribution in [0, 0.1) is 12.3 Å². The van der Waals surface area contributed by atoms with Gasteiger partial charge in [-0.15, -0.1) is 6.42 Å². The molecule has 0 aliphatic rings. The van der Waals surface area contributed by atoms with Crippen molar-refractivity contribution in [3.05, 3.63) is 23.3 Å². The second-order valence-electron chi connectivity index (χ2n) is 4.83. The van der Waals surface area contributed by atoms with Crippen LogP contribution in [0.5, 0.6) is 0 Å². The van der Waals surface area contributed by atoms with Crippen LogP contribution in [0.3, 0.4) is 0 Å². The number of rotatable bonds is 6. The van der Waals surface area contributed by atoms with E-state index in [4.69, 9.17) is 6.42 Å². The van der Waals surface area contributed by atoms with Crippen molar-refractivity contribution in [3.8, 4) is 12.3 Å². The summed E-state index contributed by atoms with van der Waals surface area (Å²) in [5.41, 5.74) is 1.77. The smallest absolute Gasteiger partial charge is 0.122 e. The molecule has 0 aromatic rings. The Morgan fingerprint density at radius 1 is 1.25 bits per heavy atom. The summed E-state index contributed by atoms with van der Waals surface area (Å²) in [5.74, 6) is 2.39. The van der Waals surface area contributed by atoms with Gasteiger partial charge in [-0.3, -0.25) is 0 Å². The van der Waals surface area contributed by atoms with E-state index in [1.807, 2.05) is 0 Å². The molecule has 0 spiro atoms. The molecule has 0 aromatic carbocycles. The van der Waals surface area contributed by atoms with Crippen LogP contribution < -0.4 is 0 Å². The van der Waals surface area contributed by atoms with Crippen molar-refractivity contribution in [2.45, 2.75) is 59.0 Å². The van der Waals surface area contributed by atoms with E-state index in [0.29, 0.717) is 6.42 Å². The van der Waals surface area contributed by atoms with Crippen molar-refractivity contribution in [1.29, 1.82) is 0 Å². The van der Waals surface area contributed by atoms with E-state index in [2.05, 4.69) is 38.8 Å². The molecule has 0 fully saturated rings. The standard InChI is InChI=1S/C15H24O/c1-6-15(5,16)12-8-11-14(4)10-7-9-13(2)3/h1,9,11,16H,7-8,10,12H2,2-5H3/b14-11+. The maximum atomic E-state index is 9.61. The Morgan fingerprint density at radius 3 is 2.38 bits per heavy atom. The Balaban J connectivity index is 3.89. The summed E-state index contributed by atoms with van der Waals surface area (Å²) < 4.78 is 0. The van der Waals surface area contributed by atoms with Gasteiger partial charge in [0.1, 0.15) is 5.60 Å². The Labute approximate surface area is 100 Å². The number of terminal acetylenes is 1. The summed E-state index contributed by atoms with van der Waals surface area (Å²) in [6.45, 7) is 8.04. The van der Waals surface area contributed by atoms with Gasteiger partial charge in [-0.05, 0) is 53.4 Å². The summed E-state index contributed by atoms with van der Waals surface area (Å²) in [6.07, 6.45) is 13.3. The highest BCUT2D eigenvalue weighted by Gasteiger charge is 2.14. The summed E-state index contributed by atoms with van der Waals surface area (Å²) in [7, 11) is 0. The number of allylic oxidation sites excluding steroid dienone is 4. The highest BCUT2D eigenvalue weighted by Crippen LogP contribution is 2.14. The van der Waals surface area contributed by atoms with Crippen LogP contribution in [-0.2, 0) is 0 Å². The van der Waals surface area contributed by atoms with Crippen LogP contribution in [0.1, 0.15) is 53.4 Å². The maximum Gasteiger partial charge on any atom is 0.122 e. The van der Waals surface area contributed by atoms with E-state index in [-0.39, 0.29) is 0 Å². The van der Waals surface area contributed by atoms with Gasteiger partial charge in [0.2, 0.25) is 0 Å². The number of aliphatic hydroxyl groups is 1. The molecule has 0 aromatic heterocycles. The molecule has 0 saturated heterocycles. The zero-order valence-corrected chi connectivity index (χ0v) is 11.0. The van der Waals surface area contributed by atoms with Gasteiger partial charge < -0.3 is 5.11 Å². The van der Waals surface area contributed by atoms with Gasteiger partial charge >= 0.3 is 0 Å². The van der Waals surface area contributed by atoms with E-state index in [1.54, 1.807) is 6.92 Å². The quantitative estimate of drug-likeness (QED) is 0.532. The van der Waals surface area contributed by atoms with E-state index in [1.165, 1.54) is 11.1 Å². The predicted molar refractivity (Wildman–Crippen MR) is 71.1 cm³/mol. The third kappa shape index (κ3) is 8.32. The first-order chi connectivity index (χ1) is 7.37. The minimum atomic E-state index is -0.962. The van der Waals surface area contributed by atoms with Gasteiger partial charge in [0, 0.05) is 0 Å². The first-order valence-corrected chi connectivity index (χ1v) is 5.86.